The second-order valence-corrected chi connectivity index (χ2v) is 5.47. The monoisotopic (exact) mass is 267 g/mol. The van der Waals surface area contributed by atoms with Gasteiger partial charge in [-0.3, -0.25) is 0 Å². The Balaban J connectivity index is 2.03. The van der Waals surface area contributed by atoms with Gasteiger partial charge in [0.1, 0.15) is 5.82 Å². The summed E-state index contributed by atoms with van der Waals surface area (Å²) in [6, 6.07) is 12.8. The third-order valence-electron chi connectivity index (χ3n) is 3.93. The molecule has 3 nitrogen and oxygen atoms in total. The molecule has 20 heavy (non-hydrogen) atoms. The van der Waals surface area contributed by atoms with E-state index in [0.717, 1.165) is 24.3 Å². The van der Waals surface area contributed by atoms with Gasteiger partial charge in [0.25, 0.3) is 0 Å². The van der Waals surface area contributed by atoms with Gasteiger partial charge in [0, 0.05) is 24.5 Å². The molecule has 1 aromatic heterocycles. The number of hydrogen-bond acceptors (Lipinski definition) is 3. The fraction of sp³-hybridized carbons (Fsp3) is 0.353. The highest BCUT2D eigenvalue weighted by atomic mass is 15.2. The fourth-order valence-electron chi connectivity index (χ4n) is 2.79. The molecular formula is C17H21N3. The van der Waals surface area contributed by atoms with Crippen LogP contribution in [0.2, 0.25) is 0 Å². The smallest absolute Gasteiger partial charge is 0.133 e. The molecule has 0 saturated heterocycles. The Labute approximate surface area is 120 Å². The van der Waals surface area contributed by atoms with Crippen molar-refractivity contribution in [3.8, 4) is 0 Å². The van der Waals surface area contributed by atoms with Crippen molar-refractivity contribution in [1.82, 2.24) is 4.98 Å². The Kier molecular flexibility index (Phi) is 3.70. The minimum Gasteiger partial charge on any atom is -0.326 e. The summed E-state index contributed by atoms with van der Waals surface area (Å²) in [5, 5.41) is 0. The quantitative estimate of drug-likeness (QED) is 0.904. The first-order chi connectivity index (χ1) is 9.75. The SMILES string of the molecule is C[C@H](N)c1ccnc(N2CCCCc3ccccc32)c1. The first-order valence-corrected chi connectivity index (χ1v) is 7.32. The summed E-state index contributed by atoms with van der Waals surface area (Å²) in [5.74, 6) is 1.01. The van der Waals surface area contributed by atoms with Crippen LogP contribution in [0.25, 0.3) is 0 Å². The highest BCUT2D eigenvalue weighted by Crippen LogP contribution is 2.32. The first kappa shape index (κ1) is 13.1. The van der Waals surface area contributed by atoms with E-state index in [2.05, 4.69) is 40.2 Å². The van der Waals surface area contributed by atoms with Crippen LogP contribution in [0.4, 0.5) is 11.5 Å². The van der Waals surface area contributed by atoms with Crippen LogP contribution in [0.15, 0.2) is 42.6 Å². The number of benzene rings is 1. The molecule has 2 heterocycles. The molecule has 1 aliphatic heterocycles. The molecular weight excluding hydrogens is 246 g/mol. The van der Waals surface area contributed by atoms with Crippen LogP contribution in [0.1, 0.15) is 36.9 Å². The maximum atomic E-state index is 5.99. The van der Waals surface area contributed by atoms with Crippen molar-refractivity contribution in [2.75, 3.05) is 11.4 Å². The van der Waals surface area contributed by atoms with E-state index in [0.29, 0.717) is 0 Å². The second-order valence-electron chi connectivity index (χ2n) is 5.47. The number of aromatic nitrogens is 1. The Hall–Kier alpha value is -1.87. The Morgan fingerprint density at radius 3 is 2.90 bits per heavy atom. The van der Waals surface area contributed by atoms with Crippen molar-refractivity contribution in [1.29, 1.82) is 0 Å². The summed E-state index contributed by atoms with van der Waals surface area (Å²) in [6.07, 6.45) is 5.44. The van der Waals surface area contributed by atoms with Crippen molar-refractivity contribution in [2.45, 2.75) is 32.2 Å². The molecule has 0 aliphatic carbocycles. The van der Waals surface area contributed by atoms with Gasteiger partial charge in [0.2, 0.25) is 0 Å². The molecule has 1 aliphatic rings. The standard InChI is InChI=1S/C17H21N3/c1-13(18)15-9-10-19-17(12-15)20-11-5-4-7-14-6-2-3-8-16(14)20/h2-3,6,8-10,12-13H,4-5,7,11,18H2,1H3/t13-/m0/s1. The average Bonchev–Trinajstić information content (AvgIpc) is 2.69. The van der Waals surface area contributed by atoms with Crippen molar-refractivity contribution in [2.24, 2.45) is 5.73 Å². The van der Waals surface area contributed by atoms with Crippen LogP contribution in [0.5, 0.6) is 0 Å². The Bertz CT molecular complexity index is 592. The number of para-hydroxylation sites is 1. The summed E-state index contributed by atoms with van der Waals surface area (Å²) in [6.45, 7) is 3.03. The topological polar surface area (TPSA) is 42.1 Å². The van der Waals surface area contributed by atoms with Gasteiger partial charge in [-0.1, -0.05) is 18.2 Å². The maximum absolute atomic E-state index is 5.99. The van der Waals surface area contributed by atoms with Crippen molar-refractivity contribution < 1.29 is 0 Å². The molecule has 0 spiro atoms. The zero-order valence-electron chi connectivity index (χ0n) is 11.9. The molecule has 1 aromatic carbocycles. The summed E-state index contributed by atoms with van der Waals surface area (Å²) < 4.78 is 0. The summed E-state index contributed by atoms with van der Waals surface area (Å²) >= 11 is 0. The van der Waals surface area contributed by atoms with Gasteiger partial charge < -0.3 is 10.6 Å². The molecule has 2 N–H and O–H groups in total. The summed E-state index contributed by atoms with van der Waals surface area (Å²) in [7, 11) is 0. The van der Waals surface area contributed by atoms with Gasteiger partial charge in [0.15, 0.2) is 0 Å². The number of pyridine rings is 1. The third-order valence-corrected chi connectivity index (χ3v) is 3.93. The van der Waals surface area contributed by atoms with Gasteiger partial charge >= 0.3 is 0 Å². The molecule has 0 unspecified atom stereocenters. The maximum Gasteiger partial charge on any atom is 0.133 e. The van der Waals surface area contributed by atoms with Crippen LogP contribution in [-0.4, -0.2) is 11.5 Å². The van der Waals surface area contributed by atoms with Gasteiger partial charge in [-0.05, 0) is 55.5 Å². The zero-order valence-corrected chi connectivity index (χ0v) is 11.9. The van der Waals surface area contributed by atoms with E-state index in [1.165, 1.54) is 24.1 Å². The molecule has 0 amide bonds. The predicted octanol–water partition coefficient (Wildman–Crippen LogP) is 3.58. The number of fused-ring (bicyclic) bond motifs is 1. The molecule has 0 saturated carbocycles. The predicted molar refractivity (Wildman–Crippen MR) is 83.2 cm³/mol. The largest absolute Gasteiger partial charge is 0.326 e. The second kappa shape index (κ2) is 5.63. The molecule has 0 radical (unpaired) electrons. The van der Waals surface area contributed by atoms with Crippen LogP contribution in [-0.2, 0) is 6.42 Å². The van der Waals surface area contributed by atoms with Gasteiger partial charge in [-0.15, -0.1) is 0 Å². The van der Waals surface area contributed by atoms with E-state index >= 15 is 0 Å². The Morgan fingerprint density at radius 1 is 1.20 bits per heavy atom. The number of nitrogens with two attached hydrogens (primary N) is 1. The summed E-state index contributed by atoms with van der Waals surface area (Å²) in [4.78, 5) is 6.88. The van der Waals surface area contributed by atoms with Crippen LogP contribution < -0.4 is 10.6 Å². The van der Waals surface area contributed by atoms with Crippen LogP contribution in [0.3, 0.4) is 0 Å². The molecule has 0 bridgehead atoms. The third kappa shape index (κ3) is 2.54. The number of rotatable bonds is 2. The van der Waals surface area contributed by atoms with E-state index in [-0.39, 0.29) is 6.04 Å². The fourth-order valence-corrected chi connectivity index (χ4v) is 2.79. The highest BCUT2D eigenvalue weighted by Gasteiger charge is 2.17. The average molecular weight is 267 g/mol. The van der Waals surface area contributed by atoms with Crippen molar-refractivity contribution >= 4 is 11.5 Å². The van der Waals surface area contributed by atoms with E-state index in [9.17, 15) is 0 Å². The van der Waals surface area contributed by atoms with E-state index < -0.39 is 0 Å². The van der Waals surface area contributed by atoms with Crippen LogP contribution >= 0.6 is 0 Å². The number of hydrogen-bond donors (Lipinski definition) is 1. The normalized spacial score (nSPS) is 16.4. The molecule has 1 atom stereocenters. The molecule has 2 aromatic rings. The zero-order chi connectivity index (χ0) is 13.9. The molecule has 104 valence electrons. The summed E-state index contributed by atoms with van der Waals surface area (Å²) in [5.41, 5.74) is 9.83. The van der Waals surface area contributed by atoms with E-state index in [1.54, 1.807) is 0 Å². The lowest BCUT2D eigenvalue weighted by atomic mass is 10.1. The van der Waals surface area contributed by atoms with E-state index in [1.807, 2.05) is 19.2 Å². The van der Waals surface area contributed by atoms with Crippen molar-refractivity contribution in [3.63, 3.8) is 0 Å². The first-order valence-electron chi connectivity index (χ1n) is 7.32. The van der Waals surface area contributed by atoms with Gasteiger partial charge in [-0.25, -0.2) is 4.98 Å². The minimum atomic E-state index is 0.0407. The lowest BCUT2D eigenvalue weighted by molar-refractivity contribution is 0.755. The van der Waals surface area contributed by atoms with E-state index in [4.69, 9.17) is 5.73 Å². The van der Waals surface area contributed by atoms with Crippen LogP contribution in [0, 0.1) is 0 Å². The lowest BCUT2D eigenvalue weighted by Gasteiger charge is -2.24. The highest BCUT2D eigenvalue weighted by molar-refractivity contribution is 5.64. The molecule has 3 rings (SSSR count). The number of aryl methyl sites for hydroxylation is 1. The lowest BCUT2D eigenvalue weighted by Crippen LogP contribution is -2.19. The minimum absolute atomic E-state index is 0.0407. The Morgan fingerprint density at radius 2 is 2.05 bits per heavy atom. The van der Waals surface area contributed by atoms with Gasteiger partial charge in [-0.2, -0.15) is 0 Å². The number of anilines is 2. The van der Waals surface area contributed by atoms with Gasteiger partial charge in [0.05, 0.1) is 0 Å². The number of nitrogens with zero attached hydrogens (tertiary/aromatic N) is 2. The van der Waals surface area contributed by atoms with Crippen molar-refractivity contribution in [3.05, 3.63) is 53.7 Å². The molecule has 0 fully saturated rings. The molecule has 3 heteroatoms.